The number of halogens is 1. The first kappa shape index (κ1) is 13.3. The SMILES string of the molecule is C=CCn1cc(CC(N)C(=O)O)c2cc(F)ccc21. The van der Waals surface area contributed by atoms with Crippen LogP contribution in [0.4, 0.5) is 4.39 Å². The van der Waals surface area contributed by atoms with Crippen LogP contribution < -0.4 is 5.73 Å². The summed E-state index contributed by atoms with van der Waals surface area (Å²) in [5.74, 6) is -1.42. The largest absolute Gasteiger partial charge is 0.480 e. The van der Waals surface area contributed by atoms with Crippen molar-refractivity contribution in [3.05, 3.63) is 48.4 Å². The minimum absolute atomic E-state index is 0.166. The van der Waals surface area contributed by atoms with E-state index in [4.69, 9.17) is 10.8 Å². The van der Waals surface area contributed by atoms with Crippen LogP contribution in [0.2, 0.25) is 0 Å². The summed E-state index contributed by atoms with van der Waals surface area (Å²) < 4.78 is 15.2. The topological polar surface area (TPSA) is 68.2 Å². The summed E-state index contributed by atoms with van der Waals surface area (Å²) in [7, 11) is 0. The molecular weight excluding hydrogens is 247 g/mol. The van der Waals surface area contributed by atoms with Gasteiger partial charge in [-0.15, -0.1) is 6.58 Å². The van der Waals surface area contributed by atoms with E-state index < -0.39 is 12.0 Å². The number of allylic oxidation sites excluding steroid dienone is 1. The number of carboxylic acids is 1. The van der Waals surface area contributed by atoms with Gasteiger partial charge in [0, 0.05) is 30.1 Å². The molecule has 1 heterocycles. The molecule has 19 heavy (non-hydrogen) atoms. The summed E-state index contributed by atoms with van der Waals surface area (Å²) in [5, 5.41) is 9.55. The number of aliphatic carboxylic acids is 1. The maximum absolute atomic E-state index is 13.3. The number of hydrogen-bond acceptors (Lipinski definition) is 2. The number of carbonyl (C=O) groups is 1. The molecule has 0 fully saturated rings. The molecule has 100 valence electrons. The Morgan fingerprint density at radius 2 is 2.32 bits per heavy atom. The van der Waals surface area contributed by atoms with Crippen molar-refractivity contribution >= 4 is 16.9 Å². The van der Waals surface area contributed by atoms with E-state index in [-0.39, 0.29) is 12.2 Å². The van der Waals surface area contributed by atoms with Crippen LogP contribution in [-0.2, 0) is 17.8 Å². The Bertz CT molecular complexity index is 634. The molecule has 1 aromatic heterocycles. The first-order valence-electron chi connectivity index (χ1n) is 5.89. The third-order valence-electron chi connectivity index (χ3n) is 3.01. The molecule has 0 radical (unpaired) electrons. The molecule has 0 bridgehead atoms. The molecule has 4 nitrogen and oxygen atoms in total. The van der Waals surface area contributed by atoms with Gasteiger partial charge in [0.1, 0.15) is 11.9 Å². The fraction of sp³-hybridized carbons (Fsp3) is 0.214. The number of rotatable bonds is 5. The molecule has 3 N–H and O–H groups in total. The number of hydrogen-bond donors (Lipinski definition) is 2. The molecule has 2 rings (SSSR count). The molecule has 1 aromatic carbocycles. The Balaban J connectivity index is 2.50. The smallest absolute Gasteiger partial charge is 0.320 e. The fourth-order valence-electron chi connectivity index (χ4n) is 2.12. The van der Waals surface area contributed by atoms with Crippen LogP contribution in [0.15, 0.2) is 37.1 Å². The van der Waals surface area contributed by atoms with E-state index in [0.717, 1.165) is 11.1 Å². The number of carboxylic acid groups (broad SMARTS) is 1. The van der Waals surface area contributed by atoms with Gasteiger partial charge in [0.15, 0.2) is 0 Å². The second kappa shape index (κ2) is 5.24. The molecule has 5 heteroatoms. The maximum atomic E-state index is 13.3. The molecule has 0 aliphatic rings. The Labute approximate surface area is 109 Å². The van der Waals surface area contributed by atoms with Gasteiger partial charge in [0.25, 0.3) is 0 Å². The molecule has 0 aliphatic heterocycles. The highest BCUT2D eigenvalue weighted by Gasteiger charge is 2.16. The van der Waals surface area contributed by atoms with E-state index >= 15 is 0 Å². The van der Waals surface area contributed by atoms with Crippen LogP contribution in [0.3, 0.4) is 0 Å². The lowest BCUT2D eigenvalue weighted by Gasteiger charge is -2.04. The zero-order valence-electron chi connectivity index (χ0n) is 10.3. The Morgan fingerprint density at radius 1 is 1.58 bits per heavy atom. The third-order valence-corrected chi connectivity index (χ3v) is 3.01. The molecule has 1 unspecified atom stereocenters. The maximum Gasteiger partial charge on any atom is 0.320 e. The van der Waals surface area contributed by atoms with Crippen LogP contribution in [0.5, 0.6) is 0 Å². The van der Waals surface area contributed by atoms with Crippen molar-refractivity contribution < 1.29 is 14.3 Å². The van der Waals surface area contributed by atoms with Crippen molar-refractivity contribution in [2.24, 2.45) is 5.73 Å². The number of nitrogens with zero attached hydrogens (tertiary/aromatic N) is 1. The number of nitrogens with two attached hydrogens (primary N) is 1. The number of benzene rings is 1. The van der Waals surface area contributed by atoms with Crippen LogP contribution in [0.1, 0.15) is 5.56 Å². The van der Waals surface area contributed by atoms with Crippen molar-refractivity contribution in [2.45, 2.75) is 19.0 Å². The first-order valence-corrected chi connectivity index (χ1v) is 5.89. The molecular formula is C14H15FN2O2. The molecule has 1 atom stereocenters. The standard InChI is InChI=1S/C14H15FN2O2/c1-2-5-17-8-9(6-12(16)14(18)19)11-7-10(15)3-4-13(11)17/h2-4,7-8,12H,1,5-6,16H2,(H,18,19). The molecule has 0 aliphatic carbocycles. The molecule has 2 aromatic rings. The second-order valence-electron chi connectivity index (χ2n) is 4.41. The van der Waals surface area contributed by atoms with Gasteiger partial charge in [0.2, 0.25) is 0 Å². The van der Waals surface area contributed by atoms with E-state index in [2.05, 4.69) is 6.58 Å². The average Bonchev–Trinajstić information content (AvgIpc) is 2.67. The summed E-state index contributed by atoms with van der Waals surface area (Å²) in [6, 6.07) is 3.46. The van der Waals surface area contributed by atoms with E-state index in [1.165, 1.54) is 12.1 Å². The monoisotopic (exact) mass is 262 g/mol. The molecule has 0 saturated heterocycles. The Hall–Kier alpha value is -2.14. The lowest BCUT2D eigenvalue weighted by atomic mass is 10.1. The minimum Gasteiger partial charge on any atom is -0.480 e. The van der Waals surface area contributed by atoms with Gasteiger partial charge in [0.05, 0.1) is 0 Å². The predicted molar refractivity (Wildman–Crippen MR) is 71.4 cm³/mol. The van der Waals surface area contributed by atoms with Gasteiger partial charge in [-0.1, -0.05) is 6.08 Å². The van der Waals surface area contributed by atoms with Gasteiger partial charge in [-0.3, -0.25) is 4.79 Å². The summed E-state index contributed by atoms with van der Waals surface area (Å²) in [5.41, 5.74) is 7.11. The van der Waals surface area contributed by atoms with E-state index in [0.29, 0.717) is 11.9 Å². The van der Waals surface area contributed by atoms with Crippen LogP contribution in [0.25, 0.3) is 10.9 Å². The van der Waals surface area contributed by atoms with Crippen molar-refractivity contribution in [1.29, 1.82) is 0 Å². The summed E-state index contributed by atoms with van der Waals surface area (Å²) in [4.78, 5) is 10.8. The Morgan fingerprint density at radius 3 is 2.95 bits per heavy atom. The van der Waals surface area contributed by atoms with E-state index in [1.54, 1.807) is 18.3 Å². The van der Waals surface area contributed by atoms with E-state index in [1.807, 2.05) is 4.57 Å². The highest BCUT2D eigenvalue weighted by molar-refractivity contribution is 5.85. The van der Waals surface area contributed by atoms with E-state index in [9.17, 15) is 9.18 Å². The molecule has 0 amide bonds. The zero-order chi connectivity index (χ0) is 14.0. The molecule has 0 spiro atoms. The fourth-order valence-corrected chi connectivity index (χ4v) is 2.12. The minimum atomic E-state index is -1.07. The van der Waals surface area contributed by atoms with Crippen molar-refractivity contribution in [1.82, 2.24) is 4.57 Å². The highest BCUT2D eigenvalue weighted by atomic mass is 19.1. The van der Waals surface area contributed by atoms with Gasteiger partial charge in [-0.25, -0.2) is 4.39 Å². The van der Waals surface area contributed by atoms with Crippen LogP contribution in [0, 0.1) is 5.82 Å². The summed E-state index contributed by atoms with van der Waals surface area (Å²) in [6.45, 7) is 4.24. The summed E-state index contributed by atoms with van der Waals surface area (Å²) in [6.07, 6.45) is 3.69. The quantitative estimate of drug-likeness (QED) is 0.809. The van der Waals surface area contributed by atoms with Gasteiger partial charge in [-0.05, 0) is 23.8 Å². The van der Waals surface area contributed by atoms with Gasteiger partial charge in [-0.2, -0.15) is 0 Å². The number of fused-ring (bicyclic) bond motifs is 1. The van der Waals surface area contributed by atoms with Crippen molar-refractivity contribution in [3.63, 3.8) is 0 Å². The van der Waals surface area contributed by atoms with Crippen LogP contribution >= 0.6 is 0 Å². The highest BCUT2D eigenvalue weighted by Crippen LogP contribution is 2.23. The number of aromatic nitrogens is 1. The van der Waals surface area contributed by atoms with Gasteiger partial charge >= 0.3 is 5.97 Å². The lowest BCUT2D eigenvalue weighted by molar-refractivity contribution is -0.138. The van der Waals surface area contributed by atoms with Gasteiger partial charge < -0.3 is 15.4 Å². The van der Waals surface area contributed by atoms with Crippen molar-refractivity contribution in [2.75, 3.05) is 0 Å². The van der Waals surface area contributed by atoms with Crippen LogP contribution in [-0.4, -0.2) is 21.7 Å². The predicted octanol–water partition coefficient (Wildman–Crippen LogP) is 1.92. The Kier molecular flexibility index (Phi) is 3.66. The third kappa shape index (κ3) is 2.66. The normalized spacial score (nSPS) is 12.5. The van der Waals surface area contributed by atoms with Crippen molar-refractivity contribution in [3.8, 4) is 0 Å². The molecule has 0 saturated carbocycles. The second-order valence-corrected chi connectivity index (χ2v) is 4.41. The summed E-state index contributed by atoms with van der Waals surface area (Å²) >= 11 is 0. The first-order chi connectivity index (χ1) is 9.02. The zero-order valence-corrected chi connectivity index (χ0v) is 10.3. The average molecular weight is 262 g/mol. The lowest BCUT2D eigenvalue weighted by Crippen LogP contribution is -2.32.